The first-order valence-electron chi connectivity index (χ1n) is 8.54. The lowest BCUT2D eigenvalue weighted by Gasteiger charge is -2.33. The number of carboxylic acid groups (broad SMARTS) is 1. The molecule has 1 saturated heterocycles. The normalized spacial score (nSPS) is 16.0. The molecule has 1 aliphatic rings. The van der Waals surface area contributed by atoms with Gasteiger partial charge < -0.3 is 5.11 Å². The second-order valence-electron chi connectivity index (χ2n) is 6.33. The molecule has 0 unspecified atom stereocenters. The molecule has 1 aromatic heterocycles. The van der Waals surface area contributed by atoms with Gasteiger partial charge in [0.2, 0.25) is 0 Å². The van der Waals surface area contributed by atoms with E-state index in [2.05, 4.69) is 4.90 Å². The van der Waals surface area contributed by atoms with Crippen LogP contribution >= 0.6 is 11.5 Å². The Morgan fingerprint density at radius 3 is 2.31 bits per heavy atom. The highest BCUT2D eigenvalue weighted by Crippen LogP contribution is 2.03. The van der Waals surface area contributed by atoms with Crippen LogP contribution in [-0.4, -0.2) is 68.7 Å². The molecule has 0 spiro atoms. The van der Waals surface area contributed by atoms with Crippen LogP contribution in [-0.2, 0) is 17.9 Å². The Labute approximate surface area is 154 Å². The van der Waals surface area contributed by atoms with E-state index in [-0.39, 0.29) is 23.7 Å². The molecule has 0 atom stereocenters. The number of rotatable bonds is 7. The molecule has 2 heterocycles. The van der Waals surface area contributed by atoms with Gasteiger partial charge in [0, 0.05) is 44.3 Å². The van der Waals surface area contributed by atoms with Crippen LogP contribution in [0.15, 0.2) is 39.9 Å². The van der Waals surface area contributed by atoms with Crippen molar-refractivity contribution in [2.75, 3.05) is 39.3 Å². The molecular weight excluding hydrogens is 356 g/mol. The number of carboxylic acids is 1. The van der Waals surface area contributed by atoms with Gasteiger partial charge in [-0.2, -0.15) is 0 Å². The fraction of sp³-hybridized carbons (Fsp3) is 0.471. The molecule has 0 aliphatic carbocycles. The quantitative estimate of drug-likeness (QED) is 0.719. The van der Waals surface area contributed by atoms with Gasteiger partial charge in [-0.15, -0.1) is 0 Å². The minimum atomic E-state index is -0.811. The summed E-state index contributed by atoms with van der Waals surface area (Å²) < 4.78 is 2.78. The van der Waals surface area contributed by atoms with Crippen LogP contribution in [0.3, 0.4) is 0 Å². The molecule has 0 amide bonds. The van der Waals surface area contributed by atoms with E-state index in [0.717, 1.165) is 30.2 Å². The van der Waals surface area contributed by atoms with Crippen molar-refractivity contribution in [3.05, 3.63) is 56.0 Å². The van der Waals surface area contributed by atoms with Crippen molar-refractivity contribution in [2.24, 2.45) is 0 Å². The Bertz CT molecular complexity index is 850. The topological polar surface area (TPSA) is 87.8 Å². The molecule has 1 N–H and O–H groups in total. The lowest BCUT2D eigenvalue weighted by Crippen LogP contribution is -2.48. The molecule has 9 heteroatoms. The molecule has 26 heavy (non-hydrogen) atoms. The van der Waals surface area contributed by atoms with E-state index in [4.69, 9.17) is 5.11 Å². The number of aliphatic carboxylic acids is 1. The largest absolute Gasteiger partial charge is 0.480 e. The van der Waals surface area contributed by atoms with Crippen LogP contribution in [0.5, 0.6) is 0 Å². The summed E-state index contributed by atoms with van der Waals surface area (Å²) in [5.74, 6) is -0.811. The summed E-state index contributed by atoms with van der Waals surface area (Å²) in [6.07, 6.45) is 0. The Kier molecular flexibility index (Phi) is 6.02. The van der Waals surface area contributed by atoms with Crippen LogP contribution in [0.2, 0.25) is 0 Å². The van der Waals surface area contributed by atoms with Crippen molar-refractivity contribution in [2.45, 2.75) is 13.1 Å². The Morgan fingerprint density at radius 1 is 1.00 bits per heavy atom. The van der Waals surface area contributed by atoms with Gasteiger partial charge in [-0.05, 0) is 5.56 Å². The molecule has 1 aromatic carbocycles. The van der Waals surface area contributed by atoms with E-state index in [1.807, 2.05) is 35.2 Å². The number of aromatic nitrogens is 2. The summed E-state index contributed by atoms with van der Waals surface area (Å²) in [5, 5.41) is 8.82. The number of hydrogen-bond acceptors (Lipinski definition) is 6. The Morgan fingerprint density at radius 2 is 1.65 bits per heavy atom. The summed E-state index contributed by atoms with van der Waals surface area (Å²) >= 11 is 0.955. The lowest BCUT2D eigenvalue weighted by atomic mass is 10.2. The van der Waals surface area contributed by atoms with Crippen molar-refractivity contribution in [1.29, 1.82) is 0 Å². The minimum Gasteiger partial charge on any atom is -0.480 e. The van der Waals surface area contributed by atoms with Crippen LogP contribution in [0, 0.1) is 0 Å². The average molecular weight is 378 g/mol. The highest BCUT2D eigenvalue weighted by Gasteiger charge is 2.19. The number of carbonyl (C=O) groups is 1. The van der Waals surface area contributed by atoms with E-state index in [9.17, 15) is 14.4 Å². The van der Waals surface area contributed by atoms with E-state index >= 15 is 0 Å². The predicted molar refractivity (Wildman–Crippen MR) is 98.9 cm³/mol. The lowest BCUT2D eigenvalue weighted by molar-refractivity contribution is -0.138. The third kappa shape index (κ3) is 4.69. The molecule has 0 radical (unpaired) electrons. The van der Waals surface area contributed by atoms with Gasteiger partial charge in [-0.1, -0.05) is 30.3 Å². The van der Waals surface area contributed by atoms with Crippen molar-refractivity contribution < 1.29 is 9.90 Å². The first-order chi connectivity index (χ1) is 12.5. The fourth-order valence-corrected chi connectivity index (χ4v) is 3.81. The van der Waals surface area contributed by atoms with Gasteiger partial charge in [0.25, 0.3) is 0 Å². The van der Waals surface area contributed by atoms with Gasteiger partial charge in [0.1, 0.15) is 0 Å². The van der Waals surface area contributed by atoms with E-state index < -0.39 is 5.97 Å². The van der Waals surface area contributed by atoms with E-state index in [1.54, 1.807) is 0 Å². The van der Waals surface area contributed by atoms with Crippen molar-refractivity contribution in [1.82, 2.24) is 18.3 Å². The van der Waals surface area contributed by atoms with Gasteiger partial charge in [0.15, 0.2) is 0 Å². The standard InChI is InChI=1S/C17H22N4O4S/c22-15(23)13-19-8-6-18(7-9-19)10-11-21-16(24)20(17(25)26-21)12-14-4-2-1-3-5-14/h1-5H,6-13H2,(H,22,23). The van der Waals surface area contributed by atoms with Crippen molar-refractivity contribution in [3.63, 3.8) is 0 Å². The molecule has 140 valence electrons. The monoisotopic (exact) mass is 378 g/mol. The number of piperazine rings is 1. The van der Waals surface area contributed by atoms with Gasteiger partial charge in [0.05, 0.1) is 19.6 Å². The predicted octanol–water partition coefficient (Wildman–Crippen LogP) is -0.178. The highest BCUT2D eigenvalue weighted by molar-refractivity contribution is 7.03. The molecule has 0 saturated carbocycles. The fourth-order valence-electron chi connectivity index (χ4n) is 3.03. The molecule has 1 fully saturated rings. The van der Waals surface area contributed by atoms with Crippen LogP contribution in [0.25, 0.3) is 0 Å². The highest BCUT2D eigenvalue weighted by atomic mass is 32.1. The number of nitrogens with zero attached hydrogens (tertiary/aromatic N) is 4. The summed E-state index contributed by atoms with van der Waals surface area (Å²) in [7, 11) is 0. The Balaban J connectivity index is 1.56. The SMILES string of the molecule is O=C(O)CN1CCN(CCn2sc(=O)n(Cc3ccccc3)c2=O)CC1. The minimum absolute atomic E-state index is 0.0667. The number of hydrogen-bond donors (Lipinski definition) is 1. The Hall–Kier alpha value is -2.23. The summed E-state index contributed by atoms with van der Waals surface area (Å²) in [5.41, 5.74) is 0.652. The number of benzene rings is 1. The summed E-state index contributed by atoms with van der Waals surface area (Å²) in [6, 6.07) is 9.45. The molecule has 3 rings (SSSR count). The summed E-state index contributed by atoms with van der Waals surface area (Å²) in [6.45, 7) is 4.43. The average Bonchev–Trinajstić information content (AvgIpc) is 2.89. The molecule has 1 aliphatic heterocycles. The molecule has 2 aromatic rings. The first kappa shape index (κ1) is 18.6. The zero-order valence-electron chi connectivity index (χ0n) is 14.4. The van der Waals surface area contributed by atoms with Crippen LogP contribution < -0.4 is 10.6 Å². The van der Waals surface area contributed by atoms with Crippen LogP contribution in [0.4, 0.5) is 0 Å². The maximum atomic E-state index is 12.5. The molecule has 0 bridgehead atoms. The maximum Gasteiger partial charge on any atom is 0.341 e. The van der Waals surface area contributed by atoms with Crippen molar-refractivity contribution >= 4 is 17.5 Å². The second-order valence-corrected chi connectivity index (χ2v) is 7.30. The third-order valence-corrected chi connectivity index (χ3v) is 5.42. The zero-order valence-corrected chi connectivity index (χ0v) is 15.2. The molecule has 8 nitrogen and oxygen atoms in total. The maximum absolute atomic E-state index is 12.5. The third-order valence-electron chi connectivity index (χ3n) is 4.48. The smallest absolute Gasteiger partial charge is 0.341 e. The van der Waals surface area contributed by atoms with E-state index in [0.29, 0.717) is 26.2 Å². The second kappa shape index (κ2) is 8.43. The van der Waals surface area contributed by atoms with Crippen LogP contribution in [0.1, 0.15) is 5.56 Å². The first-order valence-corrected chi connectivity index (χ1v) is 9.31. The van der Waals surface area contributed by atoms with Gasteiger partial charge >= 0.3 is 16.5 Å². The molecular formula is C17H22N4O4S. The van der Waals surface area contributed by atoms with E-state index in [1.165, 1.54) is 8.52 Å². The van der Waals surface area contributed by atoms with Gasteiger partial charge in [-0.25, -0.2) is 13.3 Å². The summed E-state index contributed by atoms with van der Waals surface area (Å²) in [4.78, 5) is 39.2. The van der Waals surface area contributed by atoms with Crippen molar-refractivity contribution in [3.8, 4) is 0 Å². The van der Waals surface area contributed by atoms with Gasteiger partial charge in [-0.3, -0.25) is 19.4 Å². The zero-order chi connectivity index (χ0) is 18.5.